The number of allylic oxidation sites excluding steroid dienone is 2. The summed E-state index contributed by atoms with van der Waals surface area (Å²) >= 11 is 0. The highest BCUT2D eigenvalue weighted by Gasteiger charge is 2.22. The molecule has 17 heavy (non-hydrogen) atoms. The predicted octanol–water partition coefficient (Wildman–Crippen LogP) is 3.50. The summed E-state index contributed by atoms with van der Waals surface area (Å²) in [6, 6.07) is 4.28. The van der Waals surface area contributed by atoms with E-state index in [1.54, 1.807) is 0 Å². The molecule has 0 bridgehead atoms. The Kier molecular flexibility index (Phi) is 3.05. The summed E-state index contributed by atoms with van der Waals surface area (Å²) in [4.78, 5) is 11.5. The number of rotatable bonds is 1. The molecule has 0 saturated heterocycles. The summed E-state index contributed by atoms with van der Waals surface area (Å²) in [6.07, 6.45) is 2.43. The Morgan fingerprint density at radius 2 is 1.71 bits per heavy atom. The largest absolute Gasteiger partial charge is 0.512 e. The molecule has 0 aliphatic heterocycles. The van der Waals surface area contributed by atoms with Gasteiger partial charge in [-0.3, -0.25) is 4.79 Å². The average Bonchev–Trinajstić information content (AvgIpc) is 2.23. The first-order valence-corrected chi connectivity index (χ1v) is 5.97. The van der Waals surface area contributed by atoms with Gasteiger partial charge in [0.05, 0.1) is 5.76 Å². The van der Waals surface area contributed by atoms with E-state index in [2.05, 4.69) is 32.9 Å². The maximum absolute atomic E-state index is 11.5. The van der Waals surface area contributed by atoms with Crippen LogP contribution in [0.1, 0.15) is 41.0 Å². The first kappa shape index (κ1) is 11.9. The molecule has 1 aliphatic rings. The van der Waals surface area contributed by atoms with E-state index in [4.69, 9.17) is 0 Å². The molecule has 0 amide bonds. The van der Waals surface area contributed by atoms with Crippen molar-refractivity contribution >= 4 is 5.78 Å². The van der Waals surface area contributed by atoms with Gasteiger partial charge in [0.25, 0.3) is 0 Å². The highest BCUT2D eigenvalue weighted by Crippen LogP contribution is 2.32. The van der Waals surface area contributed by atoms with Gasteiger partial charge < -0.3 is 5.11 Å². The number of carbonyl (C=O) groups is 1. The molecular weight excluding hydrogens is 212 g/mol. The third-order valence-electron chi connectivity index (χ3n) is 3.65. The van der Waals surface area contributed by atoms with Crippen LogP contribution in [0.3, 0.4) is 0 Å². The second-order valence-electron chi connectivity index (χ2n) is 4.99. The fourth-order valence-corrected chi connectivity index (χ4v) is 2.41. The van der Waals surface area contributed by atoms with E-state index in [0.29, 0.717) is 12.8 Å². The summed E-state index contributed by atoms with van der Waals surface area (Å²) in [5.41, 5.74) is 4.97. The molecule has 0 heterocycles. The van der Waals surface area contributed by atoms with Gasteiger partial charge in [-0.1, -0.05) is 12.1 Å². The average molecular weight is 230 g/mol. The minimum atomic E-state index is 0.0228. The van der Waals surface area contributed by atoms with Crippen LogP contribution >= 0.6 is 0 Å². The van der Waals surface area contributed by atoms with Gasteiger partial charge in [-0.15, -0.1) is 0 Å². The van der Waals surface area contributed by atoms with Gasteiger partial charge in [0, 0.05) is 18.9 Å². The Labute approximate surface area is 102 Å². The van der Waals surface area contributed by atoms with E-state index >= 15 is 0 Å². The first-order valence-electron chi connectivity index (χ1n) is 5.97. The maximum atomic E-state index is 11.5. The van der Waals surface area contributed by atoms with Crippen LogP contribution in [-0.4, -0.2) is 10.9 Å². The molecule has 1 aliphatic carbocycles. The molecule has 0 spiro atoms. The predicted molar refractivity (Wildman–Crippen MR) is 68.3 cm³/mol. The molecule has 2 nitrogen and oxygen atoms in total. The van der Waals surface area contributed by atoms with Crippen LogP contribution in [0.2, 0.25) is 0 Å². The van der Waals surface area contributed by atoms with Crippen LogP contribution < -0.4 is 0 Å². The Morgan fingerprint density at radius 1 is 1.12 bits per heavy atom. The van der Waals surface area contributed by atoms with Gasteiger partial charge in [0.2, 0.25) is 0 Å². The van der Waals surface area contributed by atoms with E-state index in [1.165, 1.54) is 28.3 Å². The van der Waals surface area contributed by atoms with Crippen molar-refractivity contribution in [3.63, 3.8) is 0 Å². The van der Waals surface area contributed by atoms with Crippen molar-refractivity contribution in [3.05, 3.63) is 46.2 Å². The normalized spacial score (nSPS) is 20.3. The van der Waals surface area contributed by atoms with Crippen LogP contribution in [-0.2, 0) is 4.79 Å². The molecule has 0 saturated carbocycles. The lowest BCUT2D eigenvalue weighted by Gasteiger charge is -2.21. The van der Waals surface area contributed by atoms with Gasteiger partial charge in [-0.2, -0.15) is 0 Å². The Morgan fingerprint density at radius 3 is 2.24 bits per heavy atom. The molecule has 1 unspecified atom stereocenters. The SMILES string of the molecule is Cc1cc(C2CC(=O)C=C(O)C2)cc(C)c1C. The first-order chi connectivity index (χ1) is 7.97. The molecular formula is C15H18O2. The van der Waals surface area contributed by atoms with E-state index in [0.717, 1.165) is 0 Å². The summed E-state index contributed by atoms with van der Waals surface area (Å²) in [5.74, 6) is 0.363. The van der Waals surface area contributed by atoms with Crippen molar-refractivity contribution in [1.29, 1.82) is 0 Å². The fraction of sp³-hybridized carbons (Fsp3) is 0.400. The molecule has 0 radical (unpaired) electrons. The van der Waals surface area contributed by atoms with Crippen LogP contribution in [0.5, 0.6) is 0 Å². The number of carbonyl (C=O) groups excluding carboxylic acids is 1. The van der Waals surface area contributed by atoms with Crippen molar-refractivity contribution in [1.82, 2.24) is 0 Å². The summed E-state index contributed by atoms with van der Waals surface area (Å²) in [6.45, 7) is 6.29. The van der Waals surface area contributed by atoms with Crippen molar-refractivity contribution in [2.75, 3.05) is 0 Å². The quantitative estimate of drug-likeness (QED) is 0.801. The van der Waals surface area contributed by atoms with Gasteiger partial charge >= 0.3 is 0 Å². The maximum Gasteiger partial charge on any atom is 0.159 e. The van der Waals surface area contributed by atoms with Crippen LogP contribution in [0.15, 0.2) is 24.0 Å². The zero-order valence-corrected chi connectivity index (χ0v) is 10.6. The zero-order chi connectivity index (χ0) is 12.6. The summed E-state index contributed by atoms with van der Waals surface area (Å²) in [7, 11) is 0. The van der Waals surface area contributed by atoms with Crippen LogP contribution in [0, 0.1) is 20.8 Å². The molecule has 90 valence electrons. The van der Waals surface area contributed by atoms with Crippen molar-refractivity contribution in [3.8, 4) is 0 Å². The topological polar surface area (TPSA) is 37.3 Å². The minimum Gasteiger partial charge on any atom is -0.512 e. The summed E-state index contributed by atoms with van der Waals surface area (Å²) < 4.78 is 0. The van der Waals surface area contributed by atoms with E-state index in [9.17, 15) is 9.90 Å². The van der Waals surface area contributed by atoms with Crippen molar-refractivity contribution in [2.45, 2.75) is 39.5 Å². The Balaban J connectivity index is 2.36. The zero-order valence-electron chi connectivity index (χ0n) is 10.6. The second-order valence-corrected chi connectivity index (χ2v) is 4.99. The lowest BCUT2D eigenvalue weighted by Crippen LogP contribution is -2.13. The van der Waals surface area contributed by atoms with E-state index in [1.807, 2.05) is 0 Å². The van der Waals surface area contributed by atoms with E-state index in [-0.39, 0.29) is 17.5 Å². The van der Waals surface area contributed by atoms with Crippen molar-refractivity contribution in [2.24, 2.45) is 0 Å². The number of hydrogen-bond acceptors (Lipinski definition) is 2. The molecule has 1 aromatic rings. The number of ketones is 1. The number of benzene rings is 1. The van der Waals surface area contributed by atoms with Gasteiger partial charge in [0.1, 0.15) is 0 Å². The lowest BCUT2D eigenvalue weighted by atomic mass is 9.84. The van der Waals surface area contributed by atoms with Gasteiger partial charge in [0.15, 0.2) is 5.78 Å². The second kappa shape index (κ2) is 4.36. The van der Waals surface area contributed by atoms with Gasteiger partial charge in [-0.05, 0) is 48.9 Å². The number of aliphatic hydroxyl groups excluding tert-OH is 1. The van der Waals surface area contributed by atoms with Crippen LogP contribution in [0.25, 0.3) is 0 Å². The Bertz CT molecular complexity index is 475. The van der Waals surface area contributed by atoms with E-state index < -0.39 is 0 Å². The van der Waals surface area contributed by atoms with Crippen molar-refractivity contribution < 1.29 is 9.90 Å². The lowest BCUT2D eigenvalue weighted by molar-refractivity contribution is -0.115. The molecule has 1 aromatic carbocycles. The third kappa shape index (κ3) is 2.41. The molecule has 1 atom stereocenters. The third-order valence-corrected chi connectivity index (χ3v) is 3.65. The summed E-state index contributed by atoms with van der Waals surface area (Å²) in [5, 5.41) is 9.54. The molecule has 0 fully saturated rings. The number of hydrogen-bond donors (Lipinski definition) is 1. The minimum absolute atomic E-state index is 0.0228. The highest BCUT2D eigenvalue weighted by atomic mass is 16.3. The standard InChI is InChI=1S/C15H18O2/c1-9-4-12(5-10(2)11(9)3)13-6-14(16)8-15(17)7-13/h4-5,8,13,16H,6-7H2,1-3H3. The molecule has 2 heteroatoms. The Hall–Kier alpha value is -1.57. The molecule has 2 rings (SSSR count). The fourth-order valence-electron chi connectivity index (χ4n) is 2.41. The van der Waals surface area contributed by atoms with Gasteiger partial charge in [-0.25, -0.2) is 0 Å². The highest BCUT2D eigenvalue weighted by molar-refractivity contribution is 5.91. The molecule has 1 N–H and O–H groups in total. The number of aliphatic hydroxyl groups is 1. The number of aryl methyl sites for hydroxylation is 2. The molecule has 0 aromatic heterocycles. The smallest absolute Gasteiger partial charge is 0.159 e. The van der Waals surface area contributed by atoms with Crippen LogP contribution in [0.4, 0.5) is 0 Å². The monoisotopic (exact) mass is 230 g/mol.